The van der Waals surface area contributed by atoms with E-state index >= 15 is 0 Å². The number of hydrogen-bond acceptors (Lipinski definition) is 3. The van der Waals surface area contributed by atoms with Gasteiger partial charge in [-0.25, -0.2) is 0 Å². The summed E-state index contributed by atoms with van der Waals surface area (Å²) in [6.07, 6.45) is 4.91. The largest absolute Gasteiger partial charge is 0.352 e. The van der Waals surface area contributed by atoms with Gasteiger partial charge >= 0.3 is 0 Å². The second kappa shape index (κ2) is 7.93. The minimum atomic E-state index is 0.143. The van der Waals surface area contributed by atoms with Crippen molar-refractivity contribution in [3.8, 4) is 0 Å². The van der Waals surface area contributed by atoms with Crippen molar-refractivity contribution < 1.29 is 4.79 Å². The molecule has 2 heterocycles. The van der Waals surface area contributed by atoms with Crippen molar-refractivity contribution in [1.29, 1.82) is 0 Å². The van der Waals surface area contributed by atoms with Crippen molar-refractivity contribution in [2.75, 3.05) is 19.6 Å². The van der Waals surface area contributed by atoms with Crippen LogP contribution >= 0.6 is 0 Å². The van der Waals surface area contributed by atoms with Crippen LogP contribution in [0.5, 0.6) is 0 Å². The molecule has 2 atom stereocenters. The van der Waals surface area contributed by atoms with Crippen LogP contribution < -0.4 is 10.6 Å². The first-order chi connectivity index (χ1) is 11.2. The highest BCUT2D eigenvalue weighted by Crippen LogP contribution is 2.21. The highest BCUT2D eigenvalue weighted by Gasteiger charge is 2.22. The average Bonchev–Trinajstić information content (AvgIpc) is 3.10. The van der Waals surface area contributed by atoms with E-state index in [1.54, 1.807) is 0 Å². The predicted molar refractivity (Wildman–Crippen MR) is 93.0 cm³/mol. The van der Waals surface area contributed by atoms with Crippen molar-refractivity contribution in [2.45, 2.75) is 51.7 Å². The number of nitrogens with one attached hydrogen (secondary N) is 2. The van der Waals surface area contributed by atoms with E-state index in [4.69, 9.17) is 0 Å². The molecule has 0 saturated carbocycles. The Morgan fingerprint density at radius 2 is 2.09 bits per heavy atom. The van der Waals surface area contributed by atoms with Crippen LogP contribution in [0.4, 0.5) is 0 Å². The topological polar surface area (TPSA) is 44.4 Å². The molecule has 0 bridgehead atoms. The zero-order chi connectivity index (χ0) is 16.1. The van der Waals surface area contributed by atoms with E-state index < -0.39 is 0 Å². The monoisotopic (exact) mass is 315 g/mol. The molecule has 1 aromatic rings. The number of carbonyl (C=O) groups is 1. The highest BCUT2D eigenvalue weighted by atomic mass is 16.1. The number of amides is 1. The van der Waals surface area contributed by atoms with Crippen molar-refractivity contribution in [1.82, 2.24) is 15.5 Å². The van der Waals surface area contributed by atoms with Crippen molar-refractivity contribution >= 4 is 5.91 Å². The number of carbonyl (C=O) groups excluding carboxylic acids is 1. The van der Waals surface area contributed by atoms with Crippen molar-refractivity contribution in [2.24, 2.45) is 5.92 Å². The molecule has 4 heteroatoms. The summed E-state index contributed by atoms with van der Waals surface area (Å²) in [5.74, 6) is 0.334. The van der Waals surface area contributed by atoms with Gasteiger partial charge in [0.1, 0.15) is 0 Å². The van der Waals surface area contributed by atoms with Gasteiger partial charge in [-0.05, 0) is 50.4 Å². The second-order valence-electron chi connectivity index (χ2n) is 6.99. The molecule has 0 radical (unpaired) electrons. The Kier molecular flexibility index (Phi) is 5.68. The van der Waals surface area contributed by atoms with Crippen LogP contribution in [0.3, 0.4) is 0 Å². The van der Waals surface area contributed by atoms with Crippen LogP contribution in [-0.2, 0) is 17.9 Å². The van der Waals surface area contributed by atoms with Gasteiger partial charge in [0.2, 0.25) is 5.91 Å². The Hall–Kier alpha value is -1.39. The van der Waals surface area contributed by atoms with Gasteiger partial charge in [-0.1, -0.05) is 30.7 Å². The van der Waals surface area contributed by atoms with E-state index in [0.717, 1.165) is 26.1 Å². The van der Waals surface area contributed by atoms with Gasteiger partial charge in [-0.3, -0.25) is 9.69 Å². The van der Waals surface area contributed by atoms with E-state index in [9.17, 15) is 4.79 Å². The molecule has 1 amide bonds. The molecule has 3 rings (SSSR count). The normalized spacial score (nSPS) is 25.4. The Labute approximate surface area is 139 Å². The standard InChI is InChI=1S/C19H29N3O/c1-15-6-4-5-11-22(15)14-18-8-3-2-7-16(18)13-21-19(23)17-9-10-20-12-17/h2-3,7-8,15,17,20H,4-6,9-14H2,1H3,(H,21,23). The molecule has 2 unspecified atom stereocenters. The first-order valence-corrected chi connectivity index (χ1v) is 9.03. The van der Waals surface area contributed by atoms with Crippen LogP contribution in [0, 0.1) is 5.92 Å². The summed E-state index contributed by atoms with van der Waals surface area (Å²) in [5.41, 5.74) is 2.61. The number of benzene rings is 1. The fraction of sp³-hybridized carbons (Fsp3) is 0.632. The lowest BCUT2D eigenvalue weighted by Crippen LogP contribution is -2.37. The SMILES string of the molecule is CC1CCCCN1Cc1ccccc1CNC(=O)C1CCNC1. The summed E-state index contributed by atoms with van der Waals surface area (Å²) in [7, 11) is 0. The Morgan fingerprint density at radius 1 is 1.26 bits per heavy atom. The predicted octanol–water partition coefficient (Wildman–Crippen LogP) is 2.29. The lowest BCUT2D eigenvalue weighted by Gasteiger charge is -2.33. The van der Waals surface area contributed by atoms with E-state index in [0.29, 0.717) is 12.6 Å². The van der Waals surface area contributed by atoms with Gasteiger partial charge in [-0.2, -0.15) is 0 Å². The second-order valence-corrected chi connectivity index (χ2v) is 6.99. The van der Waals surface area contributed by atoms with Crippen molar-refractivity contribution in [3.05, 3.63) is 35.4 Å². The maximum atomic E-state index is 12.2. The molecule has 4 nitrogen and oxygen atoms in total. The van der Waals surface area contributed by atoms with Gasteiger partial charge in [0.25, 0.3) is 0 Å². The summed E-state index contributed by atoms with van der Waals surface area (Å²) >= 11 is 0. The Bertz CT molecular complexity index is 525. The van der Waals surface area contributed by atoms with E-state index in [-0.39, 0.29) is 11.8 Å². The van der Waals surface area contributed by atoms with Crippen LogP contribution in [0.2, 0.25) is 0 Å². The molecule has 0 aliphatic carbocycles. The zero-order valence-electron chi connectivity index (χ0n) is 14.2. The third-order valence-corrected chi connectivity index (χ3v) is 5.32. The number of rotatable bonds is 5. The molecule has 126 valence electrons. The Morgan fingerprint density at radius 3 is 2.83 bits per heavy atom. The average molecular weight is 315 g/mol. The zero-order valence-corrected chi connectivity index (χ0v) is 14.2. The summed E-state index contributed by atoms with van der Waals surface area (Å²) in [4.78, 5) is 14.8. The molecule has 2 aliphatic rings. The van der Waals surface area contributed by atoms with Crippen molar-refractivity contribution in [3.63, 3.8) is 0 Å². The van der Waals surface area contributed by atoms with E-state index in [1.165, 1.54) is 36.9 Å². The van der Waals surface area contributed by atoms with Gasteiger partial charge < -0.3 is 10.6 Å². The lowest BCUT2D eigenvalue weighted by molar-refractivity contribution is -0.124. The third kappa shape index (κ3) is 4.33. The molecule has 0 spiro atoms. The molecule has 2 N–H and O–H groups in total. The maximum Gasteiger partial charge on any atom is 0.224 e. The fourth-order valence-corrected chi connectivity index (χ4v) is 3.70. The van der Waals surface area contributed by atoms with Crippen LogP contribution in [-0.4, -0.2) is 36.5 Å². The number of nitrogens with zero attached hydrogens (tertiary/aromatic N) is 1. The lowest BCUT2D eigenvalue weighted by atomic mass is 10.0. The van der Waals surface area contributed by atoms with Gasteiger partial charge in [0.05, 0.1) is 5.92 Å². The molecule has 23 heavy (non-hydrogen) atoms. The summed E-state index contributed by atoms with van der Waals surface area (Å²) in [6.45, 7) is 6.94. The number of hydrogen-bond donors (Lipinski definition) is 2. The van der Waals surface area contributed by atoms with Crippen LogP contribution in [0.1, 0.15) is 43.7 Å². The summed E-state index contributed by atoms with van der Waals surface area (Å²) in [6, 6.07) is 9.20. The molecule has 2 saturated heterocycles. The van der Waals surface area contributed by atoms with Gasteiger partial charge in [0.15, 0.2) is 0 Å². The summed E-state index contributed by atoms with van der Waals surface area (Å²) in [5, 5.41) is 6.39. The van der Waals surface area contributed by atoms with Gasteiger partial charge in [0, 0.05) is 25.7 Å². The molecule has 1 aromatic carbocycles. The molecule has 0 aromatic heterocycles. The highest BCUT2D eigenvalue weighted by molar-refractivity contribution is 5.79. The number of likely N-dealkylation sites (tertiary alicyclic amines) is 1. The summed E-state index contributed by atoms with van der Waals surface area (Å²) < 4.78 is 0. The minimum Gasteiger partial charge on any atom is -0.352 e. The molecular weight excluding hydrogens is 286 g/mol. The van der Waals surface area contributed by atoms with E-state index in [2.05, 4.69) is 46.7 Å². The molecular formula is C19H29N3O. The minimum absolute atomic E-state index is 0.143. The van der Waals surface area contributed by atoms with Crippen LogP contribution in [0.15, 0.2) is 24.3 Å². The first-order valence-electron chi connectivity index (χ1n) is 9.03. The third-order valence-electron chi connectivity index (χ3n) is 5.32. The number of piperidine rings is 1. The van der Waals surface area contributed by atoms with Gasteiger partial charge in [-0.15, -0.1) is 0 Å². The van der Waals surface area contributed by atoms with Crippen LogP contribution in [0.25, 0.3) is 0 Å². The maximum absolute atomic E-state index is 12.2. The molecule has 2 fully saturated rings. The van der Waals surface area contributed by atoms with E-state index in [1.807, 2.05) is 0 Å². The fourth-order valence-electron chi connectivity index (χ4n) is 3.70. The smallest absolute Gasteiger partial charge is 0.224 e. The molecule has 2 aliphatic heterocycles. The Balaban J connectivity index is 1.59. The quantitative estimate of drug-likeness (QED) is 0.876. The first kappa shape index (κ1) is 16.5.